The lowest BCUT2D eigenvalue weighted by Gasteiger charge is -2.32. The summed E-state index contributed by atoms with van der Waals surface area (Å²) in [5.41, 5.74) is 3.75. The Hall–Kier alpha value is -1.59. The lowest BCUT2D eigenvalue weighted by molar-refractivity contribution is -0.157. The molecule has 0 bridgehead atoms. The van der Waals surface area contributed by atoms with Crippen LogP contribution in [0.15, 0.2) is 0 Å². The molecule has 0 radical (unpaired) electrons. The molecule has 20 heavy (non-hydrogen) atoms. The number of nitrogens with two attached hydrogens (primary N) is 1. The van der Waals surface area contributed by atoms with Crippen molar-refractivity contribution < 1.29 is 19.1 Å². The number of esters is 1. The second-order valence-electron chi connectivity index (χ2n) is 6.57. The standard InChI is InChI=1S/C14H26N2O4/c1-7-20-12(19)10(13(2,3)4)11(18)16-14(5,6)8-9(15)17/h10H,7-8H2,1-6H3,(H2,15,17)(H,16,18). The number of rotatable bonds is 6. The molecule has 116 valence electrons. The van der Waals surface area contributed by atoms with Crippen LogP contribution in [-0.2, 0) is 19.1 Å². The van der Waals surface area contributed by atoms with Crippen molar-refractivity contribution in [3.05, 3.63) is 0 Å². The fraction of sp³-hybridized carbons (Fsp3) is 0.786. The Labute approximate surface area is 120 Å². The van der Waals surface area contributed by atoms with Gasteiger partial charge in [-0.15, -0.1) is 0 Å². The number of hydrogen-bond donors (Lipinski definition) is 2. The van der Waals surface area contributed by atoms with E-state index in [1.807, 2.05) is 0 Å². The number of nitrogens with one attached hydrogen (secondary N) is 1. The number of amides is 2. The van der Waals surface area contributed by atoms with E-state index in [2.05, 4.69) is 5.32 Å². The minimum atomic E-state index is -0.936. The van der Waals surface area contributed by atoms with E-state index in [-0.39, 0.29) is 13.0 Å². The summed E-state index contributed by atoms with van der Waals surface area (Å²) in [6, 6.07) is 0. The zero-order chi connectivity index (χ0) is 16.1. The number of primary amides is 1. The lowest BCUT2D eigenvalue weighted by Crippen LogP contribution is -2.52. The van der Waals surface area contributed by atoms with Crippen molar-refractivity contribution in [1.29, 1.82) is 0 Å². The summed E-state index contributed by atoms with van der Waals surface area (Å²) in [5.74, 6) is -2.47. The summed E-state index contributed by atoms with van der Waals surface area (Å²) in [4.78, 5) is 35.3. The molecule has 0 rings (SSSR count). The normalized spacial score (nSPS) is 13.5. The number of carbonyl (C=O) groups is 3. The van der Waals surface area contributed by atoms with Crippen molar-refractivity contribution in [3.63, 3.8) is 0 Å². The van der Waals surface area contributed by atoms with Crippen LogP contribution in [0.2, 0.25) is 0 Å². The third-order valence-corrected chi connectivity index (χ3v) is 2.73. The highest BCUT2D eigenvalue weighted by atomic mass is 16.5. The second-order valence-corrected chi connectivity index (χ2v) is 6.57. The highest BCUT2D eigenvalue weighted by molar-refractivity contribution is 5.99. The highest BCUT2D eigenvalue weighted by Gasteiger charge is 2.40. The summed E-state index contributed by atoms with van der Waals surface area (Å²) in [6.07, 6.45) is -0.00156. The third kappa shape index (κ3) is 6.04. The molecule has 0 saturated heterocycles. The molecule has 1 atom stereocenters. The summed E-state index contributed by atoms with van der Waals surface area (Å²) < 4.78 is 4.96. The van der Waals surface area contributed by atoms with Gasteiger partial charge in [0.25, 0.3) is 0 Å². The van der Waals surface area contributed by atoms with Gasteiger partial charge >= 0.3 is 5.97 Å². The Morgan fingerprint density at radius 3 is 2.00 bits per heavy atom. The van der Waals surface area contributed by atoms with Crippen LogP contribution in [-0.4, -0.2) is 29.9 Å². The third-order valence-electron chi connectivity index (χ3n) is 2.73. The predicted octanol–water partition coefficient (Wildman–Crippen LogP) is 0.982. The maximum Gasteiger partial charge on any atom is 0.319 e. The topological polar surface area (TPSA) is 98.5 Å². The van der Waals surface area contributed by atoms with Crippen LogP contribution in [0.1, 0.15) is 48.0 Å². The van der Waals surface area contributed by atoms with Crippen LogP contribution in [0, 0.1) is 11.3 Å². The smallest absolute Gasteiger partial charge is 0.319 e. The first-order valence-corrected chi connectivity index (χ1v) is 6.67. The molecule has 6 nitrogen and oxygen atoms in total. The minimum absolute atomic E-state index is 0.00156. The minimum Gasteiger partial charge on any atom is -0.465 e. The largest absolute Gasteiger partial charge is 0.465 e. The summed E-state index contributed by atoms with van der Waals surface area (Å²) >= 11 is 0. The maximum absolute atomic E-state index is 12.3. The molecule has 2 amide bonds. The van der Waals surface area contributed by atoms with Crippen LogP contribution < -0.4 is 11.1 Å². The molecule has 0 aromatic rings. The van der Waals surface area contributed by atoms with Crippen molar-refractivity contribution in [2.75, 3.05) is 6.61 Å². The van der Waals surface area contributed by atoms with Crippen LogP contribution in [0.25, 0.3) is 0 Å². The van der Waals surface area contributed by atoms with Crippen LogP contribution >= 0.6 is 0 Å². The Balaban J connectivity index is 5.07. The Kier molecular flexibility index (Phi) is 6.19. The number of carbonyl (C=O) groups excluding carboxylic acids is 3. The van der Waals surface area contributed by atoms with Gasteiger partial charge in [0.05, 0.1) is 6.61 Å². The maximum atomic E-state index is 12.3. The van der Waals surface area contributed by atoms with Gasteiger partial charge in [0, 0.05) is 12.0 Å². The van der Waals surface area contributed by atoms with E-state index in [9.17, 15) is 14.4 Å². The first-order valence-electron chi connectivity index (χ1n) is 6.67. The van der Waals surface area contributed by atoms with Gasteiger partial charge in [-0.2, -0.15) is 0 Å². The van der Waals surface area contributed by atoms with E-state index in [0.29, 0.717) is 0 Å². The molecule has 0 aliphatic carbocycles. The van der Waals surface area contributed by atoms with Gasteiger partial charge in [-0.1, -0.05) is 20.8 Å². The van der Waals surface area contributed by atoms with Gasteiger partial charge in [-0.3, -0.25) is 14.4 Å². The molecule has 3 N–H and O–H groups in total. The molecular weight excluding hydrogens is 260 g/mol. The van der Waals surface area contributed by atoms with Crippen molar-refractivity contribution in [3.8, 4) is 0 Å². The molecule has 0 heterocycles. The second kappa shape index (κ2) is 6.72. The van der Waals surface area contributed by atoms with Gasteiger partial charge in [0.1, 0.15) is 5.92 Å². The average molecular weight is 286 g/mol. The first-order chi connectivity index (χ1) is 8.90. The van der Waals surface area contributed by atoms with Gasteiger partial charge < -0.3 is 15.8 Å². The fourth-order valence-corrected chi connectivity index (χ4v) is 1.96. The molecule has 6 heteroatoms. The molecule has 0 aromatic carbocycles. The van der Waals surface area contributed by atoms with E-state index in [0.717, 1.165) is 0 Å². The summed E-state index contributed by atoms with van der Waals surface area (Å²) in [6.45, 7) is 10.6. The van der Waals surface area contributed by atoms with E-state index in [4.69, 9.17) is 10.5 Å². The average Bonchev–Trinajstić information content (AvgIpc) is 2.10. The van der Waals surface area contributed by atoms with Crippen molar-refractivity contribution >= 4 is 17.8 Å². The Bertz CT molecular complexity index is 383. The van der Waals surface area contributed by atoms with Crippen molar-refractivity contribution in [2.24, 2.45) is 17.1 Å². The SMILES string of the molecule is CCOC(=O)C(C(=O)NC(C)(C)CC(N)=O)C(C)(C)C. The molecule has 0 aromatic heterocycles. The number of hydrogen-bond acceptors (Lipinski definition) is 4. The predicted molar refractivity (Wildman–Crippen MR) is 75.6 cm³/mol. The molecule has 0 aliphatic rings. The van der Waals surface area contributed by atoms with Crippen molar-refractivity contribution in [1.82, 2.24) is 5.32 Å². The zero-order valence-corrected chi connectivity index (χ0v) is 13.2. The first kappa shape index (κ1) is 18.4. The zero-order valence-electron chi connectivity index (χ0n) is 13.2. The molecule has 0 aliphatic heterocycles. The Morgan fingerprint density at radius 1 is 1.15 bits per heavy atom. The van der Waals surface area contributed by atoms with E-state index < -0.39 is 34.7 Å². The van der Waals surface area contributed by atoms with Gasteiger partial charge in [0.15, 0.2) is 0 Å². The van der Waals surface area contributed by atoms with Gasteiger partial charge in [0.2, 0.25) is 11.8 Å². The molecule has 0 saturated carbocycles. The van der Waals surface area contributed by atoms with E-state index in [1.165, 1.54) is 0 Å². The van der Waals surface area contributed by atoms with E-state index >= 15 is 0 Å². The van der Waals surface area contributed by atoms with Crippen LogP contribution in [0.5, 0.6) is 0 Å². The molecule has 1 unspecified atom stereocenters. The summed E-state index contributed by atoms with van der Waals surface area (Å²) in [7, 11) is 0. The molecular formula is C14H26N2O4. The molecule has 0 spiro atoms. The quantitative estimate of drug-likeness (QED) is 0.561. The van der Waals surface area contributed by atoms with Gasteiger partial charge in [-0.05, 0) is 26.2 Å². The van der Waals surface area contributed by atoms with Crippen LogP contribution in [0.4, 0.5) is 0 Å². The molecule has 0 fully saturated rings. The number of ether oxygens (including phenoxy) is 1. The Morgan fingerprint density at radius 2 is 1.65 bits per heavy atom. The lowest BCUT2D eigenvalue weighted by atomic mass is 9.79. The fourth-order valence-electron chi connectivity index (χ4n) is 1.96. The summed E-state index contributed by atoms with van der Waals surface area (Å²) in [5, 5.41) is 2.69. The van der Waals surface area contributed by atoms with Crippen molar-refractivity contribution in [2.45, 2.75) is 53.5 Å². The van der Waals surface area contributed by atoms with Crippen LogP contribution in [0.3, 0.4) is 0 Å². The van der Waals surface area contributed by atoms with Gasteiger partial charge in [-0.25, -0.2) is 0 Å². The monoisotopic (exact) mass is 286 g/mol. The van der Waals surface area contributed by atoms with E-state index in [1.54, 1.807) is 41.5 Å². The highest BCUT2D eigenvalue weighted by Crippen LogP contribution is 2.28.